The van der Waals surface area contributed by atoms with Crippen molar-refractivity contribution in [2.24, 2.45) is 33.7 Å². The highest BCUT2D eigenvalue weighted by Gasteiger charge is 2.39. The molecular formula is C68H89F3N8O6. The molecule has 0 atom stereocenters. The zero-order valence-corrected chi connectivity index (χ0v) is 51.1. The van der Waals surface area contributed by atoms with Gasteiger partial charge in [-0.25, -0.2) is 13.2 Å². The van der Waals surface area contributed by atoms with Gasteiger partial charge in [0.2, 0.25) is 11.8 Å². The highest BCUT2D eigenvalue weighted by molar-refractivity contribution is 6.14. The normalized spacial score (nSPS) is 22.8. The van der Waals surface area contributed by atoms with Crippen molar-refractivity contribution in [2.75, 3.05) is 36.0 Å². The van der Waals surface area contributed by atoms with Crippen LogP contribution in [-0.2, 0) is 35.5 Å². The number of aliphatic imine (C=N–C) groups is 2. The van der Waals surface area contributed by atoms with Crippen LogP contribution in [-0.4, -0.2) is 117 Å². The molecule has 17 heteroatoms. The lowest BCUT2D eigenvalue weighted by atomic mass is 9.83. The number of rotatable bonds is 14. The molecule has 4 heterocycles. The minimum Gasteiger partial charge on any atom is -0.390 e. The van der Waals surface area contributed by atoms with Crippen LogP contribution >= 0.6 is 0 Å². The Morgan fingerprint density at radius 3 is 1.25 bits per heavy atom. The van der Waals surface area contributed by atoms with Gasteiger partial charge in [-0.3, -0.25) is 29.0 Å². The minimum atomic E-state index is -0.815. The number of fused-ring (bicyclic) bond motifs is 2. The number of benzene rings is 4. The van der Waals surface area contributed by atoms with Crippen LogP contribution < -0.4 is 20.4 Å². The Balaban J connectivity index is 0.000000204. The van der Waals surface area contributed by atoms with Crippen molar-refractivity contribution in [2.45, 2.75) is 194 Å². The standard InChI is InChI=1S/C34H44F2N4O3.C34H45FN4O3/c1-21(2)37-32(41)23-7-9-29(10-8-23)40-30-15-22(20-39-13-11-26(12-14-39)34(3,4)43)5-6-24(30)18-31(40)38-33(42)25-16-27(35)19-28(36)17-25;1-22(2)36-32(40)25-9-13-29(14-10-25)39-30-19-23(21-38-17-15-27(16-18-38)34(3,4)42)5-6-26(30)20-31(39)37-33(41)24-7-11-28(35)12-8-24/h5-6,15-17,19,21,23,26,29,43H,7-14,18,20H2,1-4H3,(H,37,41);5-8,11-12,19,22,25,27,29,42H,9-10,13-18,20-21H2,1-4H3,(H,36,40). The number of amides is 4. The van der Waals surface area contributed by atoms with Crippen LogP contribution in [0.5, 0.6) is 0 Å². The molecule has 85 heavy (non-hydrogen) atoms. The Hall–Kier alpha value is -6.27. The van der Waals surface area contributed by atoms with E-state index in [9.17, 15) is 42.6 Å². The third-order valence-corrected chi connectivity index (χ3v) is 18.4. The van der Waals surface area contributed by atoms with E-state index in [1.807, 2.05) is 55.4 Å². The fourth-order valence-electron chi connectivity index (χ4n) is 13.7. The van der Waals surface area contributed by atoms with Gasteiger partial charge in [0.05, 0.1) is 11.2 Å². The number of likely N-dealkylation sites (tertiary alicyclic amines) is 2. The molecule has 4 aromatic carbocycles. The molecule has 2 aliphatic carbocycles. The van der Waals surface area contributed by atoms with Crippen LogP contribution in [0.25, 0.3) is 0 Å². The van der Waals surface area contributed by atoms with Gasteiger partial charge < -0.3 is 30.6 Å². The molecule has 0 bridgehead atoms. The topological polar surface area (TPSA) is 170 Å². The summed E-state index contributed by atoms with van der Waals surface area (Å²) in [5, 5.41) is 27.0. The predicted molar refractivity (Wildman–Crippen MR) is 328 cm³/mol. The Kier molecular flexibility index (Phi) is 20.2. The molecule has 14 nitrogen and oxygen atoms in total. The molecule has 0 spiro atoms. The van der Waals surface area contributed by atoms with Crippen LogP contribution in [0, 0.1) is 41.1 Å². The molecule has 458 valence electrons. The van der Waals surface area contributed by atoms with E-state index in [0.717, 1.165) is 168 Å². The van der Waals surface area contributed by atoms with E-state index >= 15 is 0 Å². The Bertz CT molecular complexity index is 3060. The third kappa shape index (κ3) is 16.2. The number of piperidine rings is 2. The van der Waals surface area contributed by atoms with E-state index in [2.05, 4.69) is 76.6 Å². The van der Waals surface area contributed by atoms with Crippen LogP contribution in [0.2, 0.25) is 0 Å². The molecule has 4 N–H and O–H groups in total. The summed E-state index contributed by atoms with van der Waals surface area (Å²) in [7, 11) is 0. The monoisotopic (exact) mass is 1170 g/mol. The van der Waals surface area contributed by atoms with E-state index in [1.54, 1.807) is 0 Å². The number of carbonyl (C=O) groups excluding carboxylic acids is 4. The molecule has 10 rings (SSSR count). The molecule has 2 saturated heterocycles. The van der Waals surface area contributed by atoms with Gasteiger partial charge >= 0.3 is 0 Å². The van der Waals surface area contributed by atoms with Gasteiger partial charge in [0.1, 0.15) is 29.1 Å². The number of anilines is 2. The summed E-state index contributed by atoms with van der Waals surface area (Å²) in [6.45, 7) is 20.9. The fraction of sp³-hybridized carbons (Fsp3) is 0.559. The summed E-state index contributed by atoms with van der Waals surface area (Å²) >= 11 is 0. The van der Waals surface area contributed by atoms with Crippen molar-refractivity contribution in [3.05, 3.63) is 130 Å². The highest BCUT2D eigenvalue weighted by Crippen LogP contribution is 2.41. The van der Waals surface area contributed by atoms with E-state index in [1.165, 1.54) is 29.8 Å². The summed E-state index contributed by atoms with van der Waals surface area (Å²) < 4.78 is 41.2. The maximum atomic E-state index is 13.9. The zero-order chi connectivity index (χ0) is 60.9. The van der Waals surface area contributed by atoms with E-state index in [0.29, 0.717) is 36.1 Å². The number of halogens is 3. The van der Waals surface area contributed by atoms with Crippen molar-refractivity contribution in [1.29, 1.82) is 0 Å². The highest BCUT2D eigenvalue weighted by atomic mass is 19.1. The van der Waals surface area contributed by atoms with Gasteiger partial charge in [-0.15, -0.1) is 0 Å². The average Bonchev–Trinajstić information content (AvgIpc) is 4.23. The van der Waals surface area contributed by atoms with Crippen molar-refractivity contribution in [3.8, 4) is 0 Å². The molecule has 0 aromatic heterocycles. The second kappa shape index (κ2) is 27.2. The summed E-state index contributed by atoms with van der Waals surface area (Å²) in [4.78, 5) is 69.9. The molecule has 0 radical (unpaired) electrons. The maximum absolute atomic E-state index is 13.9. The second-order valence-corrected chi connectivity index (χ2v) is 26.6. The smallest absolute Gasteiger partial charge is 0.278 e. The van der Waals surface area contributed by atoms with E-state index < -0.39 is 28.7 Å². The van der Waals surface area contributed by atoms with Gasteiger partial charge in [0.15, 0.2) is 0 Å². The first kappa shape index (κ1) is 63.2. The number of nitrogens with zero attached hydrogens (tertiary/aromatic N) is 6. The molecule has 4 fully saturated rings. The molecule has 0 unspecified atom stereocenters. The largest absolute Gasteiger partial charge is 0.390 e. The van der Waals surface area contributed by atoms with Gasteiger partial charge in [0.25, 0.3) is 11.8 Å². The number of carbonyl (C=O) groups is 4. The quantitative estimate of drug-likeness (QED) is 0.0953. The molecule has 4 aromatic rings. The second-order valence-electron chi connectivity index (χ2n) is 26.6. The molecular weight excluding hydrogens is 1080 g/mol. The summed E-state index contributed by atoms with van der Waals surface area (Å²) in [5.74, 6) is -0.989. The molecule has 4 amide bonds. The molecule has 4 aliphatic heterocycles. The van der Waals surface area contributed by atoms with Crippen molar-refractivity contribution in [1.82, 2.24) is 20.4 Å². The average molecular weight is 1170 g/mol. The lowest BCUT2D eigenvalue weighted by Gasteiger charge is -2.38. The predicted octanol–water partition coefficient (Wildman–Crippen LogP) is 11.1. The summed E-state index contributed by atoms with van der Waals surface area (Å²) in [6, 6.07) is 21.7. The number of amidine groups is 2. The van der Waals surface area contributed by atoms with Gasteiger partial charge in [-0.2, -0.15) is 9.98 Å². The van der Waals surface area contributed by atoms with Crippen molar-refractivity contribution in [3.63, 3.8) is 0 Å². The first-order chi connectivity index (χ1) is 40.3. The van der Waals surface area contributed by atoms with Crippen LogP contribution in [0.1, 0.15) is 175 Å². The first-order valence-corrected chi connectivity index (χ1v) is 31.1. The Morgan fingerprint density at radius 1 is 0.506 bits per heavy atom. The lowest BCUT2D eigenvalue weighted by Crippen LogP contribution is -2.44. The van der Waals surface area contributed by atoms with Gasteiger partial charge in [-0.1, -0.05) is 24.3 Å². The SMILES string of the molecule is CC(C)NC(=O)C1CCC(N2C(=NC(=O)c3cc(F)cc(F)c3)Cc3ccc(CN4CCC(C(C)(C)O)CC4)cc32)CC1.CC(C)NC(=O)C1CCC(N2C(=NC(=O)c3ccc(F)cc3)Cc3ccc(CN4CCC(C(C)(C)O)CC4)cc32)CC1. The van der Waals surface area contributed by atoms with E-state index in [-0.39, 0.29) is 65.1 Å². The zero-order valence-electron chi connectivity index (χ0n) is 51.1. The van der Waals surface area contributed by atoms with Crippen LogP contribution in [0.4, 0.5) is 24.5 Å². The summed E-state index contributed by atoms with van der Waals surface area (Å²) in [5.41, 5.74) is 5.62. The van der Waals surface area contributed by atoms with Crippen LogP contribution in [0.3, 0.4) is 0 Å². The third-order valence-electron chi connectivity index (χ3n) is 18.4. The lowest BCUT2D eigenvalue weighted by molar-refractivity contribution is -0.127. The fourth-order valence-corrected chi connectivity index (χ4v) is 13.7. The van der Waals surface area contributed by atoms with Crippen LogP contribution in [0.15, 0.2) is 88.8 Å². The van der Waals surface area contributed by atoms with Gasteiger partial charge in [0, 0.05) is 90.5 Å². The number of hydrogen-bond donors (Lipinski definition) is 4. The number of nitrogens with one attached hydrogen (secondary N) is 2. The minimum absolute atomic E-state index is 0.00474. The van der Waals surface area contributed by atoms with Crippen molar-refractivity contribution < 1.29 is 42.6 Å². The maximum Gasteiger partial charge on any atom is 0.278 e. The number of hydrogen-bond acceptors (Lipinski definition) is 8. The number of aliphatic hydroxyl groups is 2. The van der Waals surface area contributed by atoms with E-state index in [4.69, 9.17) is 0 Å². The van der Waals surface area contributed by atoms with Gasteiger partial charge in [-0.05, 0) is 241 Å². The molecule has 2 saturated carbocycles. The summed E-state index contributed by atoms with van der Waals surface area (Å²) in [6.07, 6.45) is 11.2. The Morgan fingerprint density at radius 2 is 0.882 bits per heavy atom. The first-order valence-electron chi connectivity index (χ1n) is 31.1. The van der Waals surface area contributed by atoms with Crippen molar-refractivity contribution >= 4 is 46.7 Å². The Labute approximate surface area is 500 Å². The molecule has 6 aliphatic rings.